The summed E-state index contributed by atoms with van der Waals surface area (Å²) in [6, 6.07) is 25.5. The van der Waals surface area contributed by atoms with Crippen LogP contribution in [0.25, 0.3) is 10.4 Å². The van der Waals surface area contributed by atoms with Crippen LogP contribution in [0.2, 0.25) is 0 Å². The number of carbonyl (C=O) groups is 6. The van der Waals surface area contributed by atoms with Gasteiger partial charge in [0.05, 0.1) is 27.7 Å². The van der Waals surface area contributed by atoms with E-state index in [0.717, 1.165) is 78.0 Å². The van der Waals surface area contributed by atoms with Gasteiger partial charge in [0.2, 0.25) is 23.6 Å². The van der Waals surface area contributed by atoms with Crippen LogP contribution in [0.3, 0.4) is 0 Å². The number of fused-ring (bicyclic) bond motifs is 2. The van der Waals surface area contributed by atoms with E-state index in [1.807, 2.05) is 112 Å². The molecule has 8 rings (SSSR count). The minimum absolute atomic E-state index is 0.00173. The Morgan fingerprint density at radius 2 is 1.44 bits per heavy atom. The number of aliphatic hydroxyl groups is 1. The number of aryl methyl sites for hydroxylation is 1. The van der Waals surface area contributed by atoms with E-state index in [1.54, 1.807) is 30.3 Å². The van der Waals surface area contributed by atoms with Gasteiger partial charge < -0.3 is 40.7 Å². The fraction of sp³-hybridized carbons (Fsp3) is 0.466. The lowest BCUT2D eigenvalue weighted by Crippen LogP contribution is -2.57. The molecule has 1 aliphatic carbocycles. The largest absolute Gasteiger partial charge is 0.391 e. The number of benzene rings is 3. The number of aromatic nitrogens is 2. The van der Waals surface area contributed by atoms with Crippen molar-refractivity contribution in [1.82, 2.24) is 40.2 Å². The highest BCUT2D eigenvalue weighted by Gasteiger charge is 2.49. The number of nitrogens with zero attached hydrogens (tertiary/aromatic N) is 5. The lowest BCUT2D eigenvalue weighted by Gasteiger charge is -2.53. The van der Waals surface area contributed by atoms with Crippen LogP contribution in [0.4, 0.5) is 5.69 Å². The van der Waals surface area contributed by atoms with Crippen molar-refractivity contribution >= 4 is 52.5 Å². The Hall–Kier alpha value is -6.69. The van der Waals surface area contributed by atoms with E-state index in [9.17, 15) is 33.9 Å². The van der Waals surface area contributed by atoms with Crippen molar-refractivity contribution in [1.29, 1.82) is 0 Å². The third-order valence-electron chi connectivity index (χ3n) is 15.0. The van der Waals surface area contributed by atoms with E-state index >= 15 is 0 Å². The molecule has 16 nitrogen and oxygen atoms in total. The van der Waals surface area contributed by atoms with Gasteiger partial charge in [-0.15, -0.1) is 11.3 Å². The monoisotopic (exact) mass is 1040 g/mol. The number of thiazole rings is 1. The molecular weight excluding hydrogens is 967 g/mol. The predicted octanol–water partition coefficient (Wildman–Crippen LogP) is 7.54. The number of hydrogen-bond donors (Lipinski definition) is 5. The zero-order valence-corrected chi connectivity index (χ0v) is 45.1. The van der Waals surface area contributed by atoms with E-state index in [-0.39, 0.29) is 61.0 Å². The second kappa shape index (κ2) is 23.9. The summed E-state index contributed by atoms with van der Waals surface area (Å²) in [5.41, 5.74) is 9.22. The number of unbranched alkanes of at least 4 members (excludes halogenated alkanes) is 3. The summed E-state index contributed by atoms with van der Waals surface area (Å²) in [7, 11) is 3.51. The van der Waals surface area contributed by atoms with Crippen molar-refractivity contribution in [2.24, 2.45) is 5.41 Å². The molecule has 2 fully saturated rings. The summed E-state index contributed by atoms with van der Waals surface area (Å²) in [4.78, 5) is 90.5. The molecule has 5 N–H and O–H groups in total. The molecule has 0 bridgehead atoms. The molecule has 17 heteroatoms. The smallest absolute Gasteiger partial charge is 0.268 e. The van der Waals surface area contributed by atoms with Crippen LogP contribution in [0.15, 0.2) is 90.4 Å². The van der Waals surface area contributed by atoms with E-state index in [2.05, 4.69) is 41.8 Å². The zero-order valence-electron chi connectivity index (χ0n) is 44.2. The first-order chi connectivity index (χ1) is 35.9. The van der Waals surface area contributed by atoms with Gasteiger partial charge in [0, 0.05) is 89.6 Å². The fourth-order valence-corrected chi connectivity index (χ4v) is 11.4. The van der Waals surface area contributed by atoms with Gasteiger partial charge in [0.15, 0.2) is 0 Å². The van der Waals surface area contributed by atoms with Gasteiger partial charge in [-0.1, -0.05) is 82.1 Å². The number of hydrogen-bond acceptors (Lipinski definition) is 10. The molecule has 4 heterocycles. The summed E-state index contributed by atoms with van der Waals surface area (Å²) >= 11 is 1.57. The van der Waals surface area contributed by atoms with Gasteiger partial charge >= 0.3 is 0 Å². The normalized spacial score (nSPS) is 17.4. The Morgan fingerprint density at radius 1 is 0.800 bits per heavy atom. The molecule has 1 saturated heterocycles. The summed E-state index contributed by atoms with van der Waals surface area (Å²) in [6.45, 7) is 10.5. The summed E-state index contributed by atoms with van der Waals surface area (Å²) in [5, 5.41) is 22.5. The number of carbonyl (C=O) groups excluding carboxylic acids is 6. The average Bonchev–Trinajstić information content (AvgIpc) is 4.13. The Bertz CT molecular complexity index is 2830. The lowest BCUT2D eigenvalue weighted by molar-refractivity contribution is -0.144. The van der Waals surface area contributed by atoms with Gasteiger partial charge in [-0.25, -0.2) is 4.98 Å². The first kappa shape index (κ1) is 54.6. The van der Waals surface area contributed by atoms with Gasteiger partial charge in [-0.05, 0) is 103 Å². The van der Waals surface area contributed by atoms with Crippen molar-refractivity contribution in [2.75, 3.05) is 32.5 Å². The highest BCUT2D eigenvalue weighted by atomic mass is 32.1. The van der Waals surface area contributed by atoms with Crippen LogP contribution in [-0.4, -0.2) is 110 Å². The van der Waals surface area contributed by atoms with Gasteiger partial charge in [0.25, 0.3) is 11.8 Å². The topological polar surface area (TPSA) is 198 Å². The summed E-state index contributed by atoms with van der Waals surface area (Å²) in [6.07, 6.45) is 5.70. The Balaban J connectivity index is 0.726. The lowest BCUT2D eigenvalue weighted by atomic mass is 9.71. The van der Waals surface area contributed by atoms with Crippen molar-refractivity contribution in [3.05, 3.63) is 130 Å². The van der Waals surface area contributed by atoms with Crippen molar-refractivity contribution in [2.45, 2.75) is 142 Å². The molecule has 5 aromatic rings. The van der Waals surface area contributed by atoms with Crippen LogP contribution < -0.4 is 21.3 Å². The van der Waals surface area contributed by atoms with Gasteiger partial charge in [-0.2, -0.15) is 0 Å². The minimum Gasteiger partial charge on any atom is -0.391 e. The predicted molar refractivity (Wildman–Crippen MR) is 290 cm³/mol. The van der Waals surface area contributed by atoms with Crippen molar-refractivity contribution in [3.8, 4) is 10.4 Å². The Kier molecular flexibility index (Phi) is 17.4. The fourth-order valence-electron chi connectivity index (χ4n) is 10.6. The number of aliphatic hydroxyl groups excluding tert-OH is 1. The summed E-state index contributed by atoms with van der Waals surface area (Å²) in [5.74, 6) is -1.27. The van der Waals surface area contributed by atoms with Crippen LogP contribution in [0.1, 0.15) is 134 Å². The molecule has 3 aliphatic rings. The number of amides is 6. The standard InChI is InChI=1S/C58H73N9O7S/c1-38-51(75-37-61-38)42-20-14-39(15-21-42)33-60-54(72)47-32-45(68)36-67(47)56(74)52(57(2,3)4)63-50(70)13-10-8-7-9-12-49(69)62-44-24-18-40(19-25-44)34-59-53(71)46-26-27-48-58(28-11-29-58)65(30-31-66(46)48)35-41-16-22-43(23-17-41)55(73)64(5)6/h14-27,37,45,47,52,68H,7-13,28-36H2,1-6H3,(H,59,71)(H,60,72)(H,62,69)(H,63,70)/t45-,47+,52-/m1/s1. The molecule has 2 aliphatic heterocycles. The Labute approximate surface area is 444 Å². The molecular formula is C58H73N9O7S. The molecule has 3 atom stereocenters. The second-order valence-electron chi connectivity index (χ2n) is 21.7. The van der Waals surface area contributed by atoms with Gasteiger partial charge in [0.1, 0.15) is 17.8 Å². The highest BCUT2D eigenvalue weighted by molar-refractivity contribution is 7.13. The number of anilines is 1. The van der Waals surface area contributed by atoms with E-state index in [4.69, 9.17) is 0 Å². The van der Waals surface area contributed by atoms with E-state index < -0.39 is 29.5 Å². The highest BCUT2D eigenvalue weighted by Crippen LogP contribution is 2.49. The molecule has 398 valence electrons. The quantitative estimate of drug-likeness (QED) is 0.0489. The number of nitrogens with one attached hydrogen (secondary N) is 4. The molecule has 3 aromatic carbocycles. The molecule has 1 spiro atoms. The van der Waals surface area contributed by atoms with Crippen LogP contribution >= 0.6 is 11.3 Å². The third-order valence-corrected chi connectivity index (χ3v) is 16.0. The molecule has 75 heavy (non-hydrogen) atoms. The maximum Gasteiger partial charge on any atom is 0.268 e. The first-order valence-corrected chi connectivity index (χ1v) is 27.3. The van der Waals surface area contributed by atoms with Crippen LogP contribution in [-0.2, 0) is 50.9 Å². The molecule has 0 unspecified atom stereocenters. The SMILES string of the molecule is Cc1ncsc1-c1ccc(CNC(=O)[C@@H]2C[C@@H](O)CN2C(=O)[C@@H](NC(=O)CCCCCCC(=O)Nc2ccc(CNC(=O)c3ccc4n3CCN(Cc3ccc(C(=O)N(C)C)cc3)C43CCC3)cc2)C(C)(C)C)cc1. The number of likely N-dealkylation sites (tertiary alicyclic amines) is 1. The average molecular weight is 1040 g/mol. The van der Waals surface area contributed by atoms with Crippen molar-refractivity contribution < 1.29 is 33.9 Å². The number of β-amino-alcohol motifs (C(OH)–C–C–N with tert-alkyl or cyclic N) is 1. The Morgan fingerprint density at radius 3 is 2.05 bits per heavy atom. The van der Waals surface area contributed by atoms with Crippen molar-refractivity contribution in [3.63, 3.8) is 0 Å². The maximum absolute atomic E-state index is 14.1. The van der Waals surface area contributed by atoms with Crippen LogP contribution in [0, 0.1) is 12.3 Å². The molecule has 6 amide bonds. The molecule has 0 radical (unpaired) electrons. The molecule has 1 saturated carbocycles. The van der Waals surface area contributed by atoms with E-state index in [0.29, 0.717) is 49.3 Å². The minimum atomic E-state index is -0.904. The van der Waals surface area contributed by atoms with Crippen LogP contribution in [0.5, 0.6) is 0 Å². The molecule has 2 aromatic heterocycles. The second-order valence-corrected chi connectivity index (χ2v) is 22.6. The third kappa shape index (κ3) is 13.1. The summed E-state index contributed by atoms with van der Waals surface area (Å²) < 4.78 is 2.18. The first-order valence-electron chi connectivity index (χ1n) is 26.4. The maximum atomic E-state index is 14.1. The zero-order chi connectivity index (χ0) is 53.4. The van der Waals surface area contributed by atoms with Gasteiger partial charge in [-0.3, -0.25) is 33.7 Å². The van der Waals surface area contributed by atoms with E-state index in [1.165, 1.54) is 10.6 Å². The number of rotatable bonds is 20.